The van der Waals surface area contributed by atoms with Gasteiger partial charge in [0.25, 0.3) is 0 Å². The maximum atomic E-state index is 13.9. The molecule has 0 spiro atoms. The van der Waals surface area contributed by atoms with Crippen LogP contribution in [-0.4, -0.2) is 43.3 Å². The summed E-state index contributed by atoms with van der Waals surface area (Å²) in [6.07, 6.45) is 2.55. The van der Waals surface area contributed by atoms with Crippen molar-refractivity contribution in [2.45, 2.75) is 36.9 Å². The van der Waals surface area contributed by atoms with Gasteiger partial charge in [-0.05, 0) is 17.7 Å². The zero-order valence-corrected chi connectivity index (χ0v) is 22.5. The zero-order chi connectivity index (χ0) is 25.9. The van der Waals surface area contributed by atoms with Crippen LogP contribution in [0, 0.1) is 5.92 Å². The summed E-state index contributed by atoms with van der Waals surface area (Å²) in [5.41, 5.74) is 1.46. The first-order chi connectivity index (χ1) is 17.2. The Labute approximate surface area is 218 Å². The van der Waals surface area contributed by atoms with Crippen LogP contribution in [0.1, 0.15) is 36.6 Å². The van der Waals surface area contributed by atoms with Crippen LogP contribution in [0.5, 0.6) is 0 Å². The maximum Gasteiger partial charge on any atom is 0.412 e. The number of thioether (sulfide) groups is 1. The highest BCUT2D eigenvalue weighted by atomic mass is 32.2. The van der Waals surface area contributed by atoms with Crippen LogP contribution in [0.2, 0.25) is 0 Å². The van der Waals surface area contributed by atoms with E-state index in [1.54, 1.807) is 4.90 Å². The molecule has 1 fully saturated rings. The minimum atomic E-state index is -3.59. The minimum absolute atomic E-state index is 0.0128. The van der Waals surface area contributed by atoms with Gasteiger partial charge in [-0.15, -0.1) is 11.8 Å². The predicted molar refractivity (Wildman–Crippen MR) is 145 cm³/mol. The highest BCUT2D eigenvalue weighted by Gasteiger charge is 2.59. The van der Waals surface area contributed by atoms with E-state index in [1.807, 2.05) is 97.3 Å². The first-order valence-corrected chi connectivity index (χ1v) is 15.0. The Morgan fingerprint density at radius 3 is 1.78 bits per heavy atom. The molecule has 3 aromatic carbocycles. The van der Waals surface area contributed by atoms with Crippen molar-refractivity contribution in [2.75, 3.05) is 12.5 Å². The molecule has 6 nitrogen and oxygen atoms in total. The van der Waals surface area contributed by atoms with Crippen LogP contribution < -0.4 is 4.72 Å². The predicted octanol–water partition coefficient (Wildman–Crippen LogP) is 5.39. The highest BCUT2D eigenvalue weighted by molar-refractivity contribution is 7.99. The van der Waals surface area contributed by atoms with Crippen molar-refractivity contribution in [3.8, 4) is 0 Å². The quantitative estimate of drug-likeness (QED) is 0.406. The first kappa shape index (κ1) is 26.3. The van der Waals surface area contributed by atoms with Gasteiger partial charge < -0.3 is 4.74 Å². The van der Waals surface area contributed by atoms with Crippen molar-refractivity contribution in [1.29, 1.82) is 0 Å². The average Bonchev–Trinajstić information content (AvgIpc) is 3.19. The van der Waals surface area contributed by atoms with E-state index in [2.05, 4.69) is 18.6 Å². The molecule has 1 heterocycles. The van der Waals surface area contributed by atoms with E-state index in [-0.39, 0.29) is 5.92 Å². The number of benzene rings is 3. The smallest absolute Gasteiger partial charge is 0.412 e. The third kappa shape index (κ3) is 5.03. The molecule has 8 heteroatoms. The van der Waals surface area contributed by atoms with Crippen molar-refractivity contribution >= 4 is 27.9 Å². The molecule has 0 aliphatic carbocycles. The monoisotopic (exact) mass is 524 g/mol. The van der Waals surface area contributed by atoms with E-state index < -0.39 is 39.2 Å². The second-order valence-corrected chi connectivity index (χ2v) is 12.1. The SMILES string of the molecule is CS[C@@H]([C@H](NS(C)(=O)=O)c1ccccc1)N1C(=O)OC(c2ccccc2)(c2ccccc2)[C@@H]1C(C)C. The van der Waals surface area contributed by atoms with Crippen molar-refractivity contribution < 1.29 is 17.9 Å². The number of amides is 1. The van der Waals surface area contributed by atoms with E-state index in [0.717, 1.165) is 22.9 Å². The fraction of sp³-hybridized carbons (Fsp3) is 0.321. The number of carbonyl (C=O) groups excluding carboxylic acids is 1. The molecule has 1 N–H and O–H groups in total. The van der Waals surface area contributed by atoms with Crippen molar-refractivity contribution in [2.24, 2.45) is 5.92 Å². The van der Waals surface area contributed by atoms with Gasteiger partial charge in [0.05, 0.1) is 18.3 Å². The molecule has 0 radical (unpaired) electrons. The number of nitrogens with zero attached hydrogens (tertiary/aromatic N) is 1. The molecule has 0 unspecified atom stereocenters. The lowest BCUT2D eigenvalue weighted by atomic mass is 9.75. The normalized spacial score (nSPS) is 19.2. The van der Waals surface area contributed by atoms with Gasteiger partial charge >= 0.3 is 6.09 Å². The lowest BCUT2D eigenvalue weighted by Crippen LogP contribution is -2.53. The maximum absolute atomic E-state index is 13.9. The number of ether oxygens (including phenoxy) is 1. The van der Waals surface area contributed by atoms with Gasteiger partial charge in [-0.1, -0.05) is 105 Å². The number of carbonyl (C=O) groups is 1. The van der Waals surface area contributed by atoms with Crippen LogP contribution in [-0.2, 0) is 20.4 Å². The van der Waals surface area contributed by atoms with Crippen LogP contribution in [0.25, 0.3) is 0 Å². The minimum Gasteiger partial charge on any atom is -0.431 e. The molecular formula is C28H32N2O4S2. The van der Waals surface area contributed by atoms with Crippen LogP contribution in [0.3, 0.4) is 0 Å². The number of cyclic esters (lactones) is 1. The van der Waals surface area contributed by atoms with Gasteiger partial charge in [0.15, 0.2) is 5.60 Å². The molecule has 1 saturated heterocycles. The summed E-state index contributed by atoms with van der Waals surface area (Å²) in [5, 5.41) is -0.559. The summed E-state index contributed by atoms with van der Waals surface area (Å²) in [5.74, 6) is -0.0128. The van der Waals surface area contributed by atoms with Gasteiger partial charge in [0.2, 0.25) is 10.0 Å². The molecule has 0 aromatic heterocycles. The summed E-state index contributed by atoms with van der Waals surface area (Å²) in [6.45, 7) is 4.14. The Morgan fingerprint density at radius 2 is 1.36 bits per heavy atom. The summed E-state index contributed by atoms with van der Waals surface area (Å²) in [4.78, 5) is 15.6. The van der Waals surface area contributed by atoms with E-state index >= 15 is 0 Å². The highest BCUT2D eigenvalue weighted by Crippen LogP contribution is 2.50. The van der Waals surface area contributed by atoms with Gasteiger partial charge in [-0.3, -0.25) is 4.90 Å². The third-order valence-corrected chi connectivity index (χ3v) is 8.18. The number of hydrogen-bond donors (Lipinski definition) is 1. The molecule has 1 aliphatic heterocycles. The molecular weight excluding hydrogens is 492 g/mol. The van der Waals surface area contributed by atoms with Crippen molar-refractivity contribution in [1.82, 2.24) is 9.62 Å². The lowest BCUT2D eigenvalue weighted by molar-refractivity contribution is 0.0538. The molecule has 0 bridgehead atoms. The van der Waals surface area contributed by atoms with Gasteiger partial charge in [-0.2, -0.15) is 0 Å². The summed E-state index contributed by atoms with van der Waals surface area (Å²) in [7, 11) is -3.59. The van der Waals surface area contributed by atoms with Gasteiger partial charge in [0, 0.05) is 11.1 Å². The topological polar surface area (TPSA) is 75.7 Å². The molecule has 4 rings (SSSR count). The summed E-state index contributed by atoms with van der Waals surface area (Å²) < 4.78 is 34.1. The third-order valence-electron chi connectivity index (χ3n) is 6.51. The van der Waals surface area contributed by atoms with E-state index in [4.69, 9.17) is 4.74 Å². The van der Waals surface area contributed by atoms with Crippen molar-refractivity contribution in [3.63, 3.8) is 0 Å². The van der Waals surface area contributed by atoms with Gasteiger partial charge in [0.1, 0.15) is 5.37 Å². The van der Waals surface area contributed by atoms with Crippen LogP contribution in [0.4, 0.5) is 4.79 Å². The fourth-order valence-electron chi connectivity index (χ4n) is 5.20. The van der Waals surface area contributed by atoms with Gasteiger partial charge in [-0.25, -0.2) is 17.9 Å². The Bertz CT molecular complexity index is 1230. The number of hydrogen-bond acceptors (Lipinski definition) is 5. The molecule has 190 valence electrons. The van der Waals surface area contributed by atoms with E-state index in [9.17, 15) is 13.2 Å². The standard InChI is InChI=1S/C28H32N2O4S2/c1-20(2)25-28(22-16-10-6-11-17-22,23-18-12-7-13-19-23)34-27(31)30(25)26(35-3)24(29-36(4,32)33)21-14-8-5-9-15-21/h5-20,24-26,29H,1-4H3/t24-,25+,26+/m1/s1. The zero-order valence-electron chi connectivity index (χ0n) is 20.9. The number of nitrogens with one attached hydrogen (secondary N) is 1. The number of sulfonamides is 1. The Morgan fingerprint density at radius 1 is 0.889 bits per heavy atom. The van der Waals surface area contributed by atoms with Crippen LogP contribution >= 0.6 is 11.8 Å². The molecule has 36 heavy (non-hydrogen) atoms. The van der Waals surface area contributed by atoms with E-state index in [0.29, 0.717) is 0 Å². The molecule has 0 saturated carbocycles. The van der Waals surface area contributed by atoms with Crippen molar-refractivity contribution in [3.05, 3.63) is 108 Å². The Balaban J connectivity index is 1.92. The fourth-order valence-corrected chi connectivity index (χ4v) is 6.96. The Kier molecular flexibility index (Phi) is 7.78. The van der Waals surface area contributed by atoms with Crippen LogP contribution in [0.15, 0.2) is 91.0 Å². The van der Waals surface area contributed by atoms with E-state index in [1.165, 1.54) is 11.8 Å². The second-order valence-electron chi connectivity index (χ2n) is 9.34. The Hall–Kier alpha value is -2.81. The lowest BCUT2D eigenvalue weighted by Gasteiger charge is -2.42. The second kappa shape index (κ2) is 10.7. The summed E-state index contributed by atoms with van der Waals surface area (Å²) >= 11 is 1.42. The summed E-state index contributed by atoms with van der Waals surface area (Å²) in [6, 6.07) is 27.9. The largest absolute Gasteiger partial charge is 0.431 e. The molecule has 1 aliphatic rings. The first-order valence-electron chi connectivity index (χ1n) is 11.9. The molecule has 3 aromatic rings. The average molecular weight is 525 g/mol. The molecule has 1 amide bonds. The molecule has 3 atom stereocenters. The number of rotatable bonds is 9.